The van der Waals surface area contributed by atoms with Gasteiger partial charge < -0.3 is 9.64 Å². The van der Waals surface area contributed by atoms with Gasteiger partial charge in [-0.3, -0.25) is 4.79 Å². The van der Waals surface area contributed by atoms with E-state index in [4.69, 9.17) is 4.74 Å². The number of benzene rings is 2. The standard InChI is InChI=1S/C21H23BrN2O5S/c1-15-5-3-6-16(13-15)20(25)23-9-4-10-24(12-11-23)30(27,28)17-7-8-19(22)18(14-17)21(26)29-2/h3,5-8,13-14H,4,9-12H2,1-2H3. The molecule has 1 aliphatic rings. The van der Waals surface area contributed by atoms with Crippen LogP contribution in [-0.4, -0.2) is 62.8 Å². The summed E-state index contributed by atoms with van der Waals surface area (Å²) in [4.78, 5) is 26.4. The molecule has 0 saturated carbocycles. The Morgan fingerprint density at radius 1 is 1.03 bits per heavy atom. The normalized spacial score (nSPS) is 15.5. The lowest BCUT2D eigenvalue weighted by Crippen LogP contribution is -2.37. The van der Waals surface area contributed by atoms with Gasteiger partial charge in [0.2, 0.25) is 10.0 Å². The molecule has 7 nitrogen and oxygen atoms in total. The Hall–Kier alpha value is -2.23. The third kappa shape index (κ3) is 4.74. The number of nitrogens with zero attached hydrogens (tertiary/aromatic N) is 2. The number of carbonyl (C=O) groups is 2. The molecule has 1 heterocycles. The summed E-state index contributed by atoms with van der Waals surface area (Å²) in [5, 5.41) is 0. The largest absolute Gasteiger partial charge is 0.465 e. The average molecular weight is 495 g/mol. The Morgan fingerprint density at radius 2 is 1.80 bits per heavy atom. The maximum Gasteiger partial charge on any atom is 0.339 e. The van der Waals surface area contributed by atoms with Crippen LogP contribution in [0, 0.1) is 6.92 Å². The first kappa shape index (κ1) is 22.5. The predicted molar refractivity (Wildman–Crippen MR) is 116 cm³/mol. The van der Waals surface area contributed by atoms with Crippen molar-refractivity contribution < 1.29 is 22.7 Å². The number of ether oxygens (including phenoxy) is 1. The van der Waals surface area contributed by atoms with Crippen molar-refractivity contribution in [2.45, 2.75) is 18.2 Å². The summed E-state index contributed by atoms with van der Waals surface area (Å²) >= 11 is 3.24. The van der Waals surface area contributed by atoms with Crippen LogP contribution in [0.3, 0.4) is 0 Å². The van der Waals surface area contributed by atoms with E-state index in [1.165, 1.54) is 29.6 Å². The minimum Gasteiger partial charge on any atom is -0.465 e. The molecule has 160 valence electrons. The van der Waals surface area contributed by atoms with Gasteiger partial charge in [0.05, 0.1) is 17.6 Å². The number of hydrogen-bond donors (Lipinski definition) is 0. The number of carbonyl (C=O) groups excluding carboxylic acids is 2. The summed E-state index contributed by atoms with van der Waals surface area (Å²) < 4.78 is 32.9. The Balaban J connectivity index is 1.79. The number of esters is 1. The van der Waals surface area contributed by atoms with Crippen LogP contribution in [0.15, 0.2) is 51.8 Å². The van der Waals surface area contributed by atoms with Gasteiger partial charge in [-0.1, -0.05) is 17.7 Å². The highest BCUT2D eigenvalue weighted by atomic mass is 79.9. The van der Waals surface area contributed by atoms with Gasteiger partial charge >= 0.3 is 5.97 Å². The Kier molecular flexibility index (Phi) is 6.95. The SMILES string of the molecule is COC(=O)c1cc(S(=O)(=O)N2CCCN(C(=O)c3cccc(C)c3)CC2)ccc1Br. The van der Waals surface area contributed by atoms with Crippen molar-refractivity contribution >= 4 is 37.8 Å². The van der Waals surface area contributed by atoms with Crippen molar-refractivity contribution in [2.24, 2.45) is 0 Å². The second-order valence-corrected chi connectivity index (χ2v) is 9.84. The number of methoxy groups -OCH3 is 1. The van der Waals surface area contributed by atoms with Crippen LogP contribution in [0.25, 0.3) is 0 Å². The highest BCUT2D eigenvalue weighted by molar-refractivity contribution is 9.10. The number of sulfonamides is 1. The summed E-state index contributed by atoms with van der Waals surface area (Å²) in [6.07, 6.45) is 0.525. The zero-order valence-corrected chi connectivity index (χ0v) is 19.2. The lowest BCUT2D eigenvalue weighted by atomic mass is 10.1. The molecule has 2 aromatic rings. The zero-order valence-electron chi connectivity index (χ0n) is 16.8. The third-order valence-electron chi connectivity index (χ3n) is 4.99. The lowest BCUT2D eigenvalue weighted by Gasteiger charge is -2.22. The second-order valence-electron chi connectivity index (χ2n) is 7.05. The molecule has 30 heavy (non-hydrogen) atoms. The quantitative estimate of drug-likeness (QED) is 0.609. The summed E-state index contributed by atoms with van der Waals surface area (Å²) in [6.45, 7) is 3.18. The molecule has 2 aromatic carbocycles. The topological polar surface area (TPSA) is 84.0 Å². The monoisotopic (exact) mass is 494 g/mol. The Labute approximate surface area is 184 Å². The van der Waals surface area contributed by atoms with Crippen molar-refractivity contribution in [3.8, 4) is 0 Å². The third-order valence-corrected chi connectivity index (χ3v) is 7.57. The van der Waals surface area contributed by atoms with E-state index in [0.717, 1.165) is 5.56 Å². The molecule has 0 unspecified atom stereocenters. The van der Waals surface area contributed by atoms with E-state index in [2.05, 4.69) is 15.9 Å². The molecule has 0 N–H and O–H groups in total. The van der Waals surface area contributed by atoms with Gasteiger partial charge in [-0.2, -0.15) is 4.31 Å². The van der Waals surface area contributed by atoms with E-state index in [9.17, 15) is 18.0 Å². The molecular weight excluding hydrogens is 472 g/mol. The van der Waals surface area contributed by atoms with Crippen LogP contribution >= 0.6 is 15.9 Å². The van der Waals surface area contributed by atoms with Gasteiger partial charge in [-0.05, 0) is 59.6 Å². The number of halogens is 1. The van der Waals surface area contributed by atoms with Gasteiger partial charge in [0.15, 0.2) is 0 Å². The van der Waals surface area contributed by atoms with E-state index < -0.39 is 16.0 Å². The molecule has 0 aliphatic carbocycles. The van der Waals surface area contributed by atoms with Gasteiger partial charge in [-0.25, -0.2) is 13.2 Å². The maximum atomic E-state index is 13.2. The van der Waals surface area contributed by atoms with Crippen LogP contribution < -0.4 is 0 Å². The highest BCUT2D eigenvalue weighted by Crippen LogP contribution is 2.25. The fourth-order valence-corrected chi connectivity index (χ4v) is 5.28. The number of hydrogen-bond acceptors (Lipinski definition) is 5. The maximum absolute atomic E-state index is 13.2. The van der Waals surface area contributed by atoms with Crippen molar-refractivity contribution in [1.29, 1.82) is 0 Å². The van der Waals surface area contributed by atoms with Crippen molar-refractivity contribution in [2.75, 3.05) is 33.3 Å². The van der Waals surface area contributed by atoms with E-state index in [-0.39, 0.29) is 22.9 Å². The van der Waals surface area contributed by atoms with E-state index in [0.29, 0.717) is 36.1 Å². The zero-order chi connectivity index (χ0) is 21.9. The summed E-state index contributed by atoms with van der Waals surface area (Å²) in [5.74, 6) is -0.723. The fourth-order valence-electron chi connectivity index (χ4n) is 3.38. The van der Waals surface area contributed by atoms with Gasteiger partial charge in [0.25, 0.3) is 5.91 Å². The van der Waals surface area contributed by atoms with Crippen molar-refractivity contribution in [1.82, 2.24) is 9.21 Å². The van der Waals surface area contributed by atoms with Crippen LogP contribution in [0.1, 0.15) is 32.7 Å². The van der Waals surface area contributed by atoms with Crippen LogP contribution in [0.5, 0.6) is 0 Å². The predicted octanol–water partition coefficient (Wildman–Crippen LogP) is 3.08. The first-order valence-corrected chi connectivity index (χ1v) is 11.7. The molecule has 0 aromatic heterocycles. The molecule has 1 aliphatic heterocycles. The average Bonchev–Trinajstić information content (AvgIpc) is 2.99. The number of aryl methyl sites for hydroxylation is 1. The fraction of sp³-hybridized carbons (Fsp3) is 0.333. The summed E-state index contributed by atoms with van der Waals surface area (Å²) in [5.41, 5.74) is 1.74. The van der Waals surface area contributed by atoms with E-state index >= 15 is 0 Å². The second kappa shape index (κ2) is 9.28. The highest BCUT2D eigenvalue weighted by Gasteiger charge is 2.29. The molecule has 1 amide bonds. The first-order valence-electron chi connectivity index (χ1n) is 9.48. The van der Waals surface area contributed by atoms with Crippen LogP contribution in [-0.2, 0) is 14.8 Å². The summed E-state index contributed by atoms with van der Waals surface area (Å²) in [6, 6.07) is 11.6. The molecule has 1 fully saturated rings. The Bertz CT molecular complexity index is 1070. The molecule has 0 bridgehead atoms. The molecule has 0 radical (unpaired) electrons. The van der Waals surface area contributed by atoms with Gasteiger partial charge in [0, 0.05) is 36.2 Å². The minimum atomic E-state index is -3.82. The van der Waals surface area contributed by atoms with Gasteiger partial charge in [-0.15, -0.1) is 0 Å². The minimum absolute atomic E-state index is 0.0181. The number of rotatable bonds is 4. The first-order chi connectivity index (χ1) is 14.2. The van der Waals surface area contributed by atoms with Crippen molar-refractivity contribution in [3.63, 3.8) is 0 Å². The lowest BCUT2D eigenvalue weighted by molar-refractivity contribution is 0.0599. The Morgan fingerprint density at radius 3 is 2.50 bits per heavy atom. The smallest absolute Gasteiger partial charge is 0.339 e. The van der Waals surface area contributed by atoms with E-state index in [1.54, 1.807) is 11.0 Å². The van der Waals surface area contributed by atoms with Crippen LogP contribution in [0.2, 0.25) is 0 Å². The molecule has 1 saturated heterocycles. The molecule has 0 atom stereocenters. The van der Waals surface area contributed by atoms with Gasteiger partial charge in [0.1, 0.15) is 0 Å². The van der Waals surface area contributed by atoms with E-state index in [1.807, 2.05) is 25.1 Å². The molecule has 9 heteroatoms. The molecule has 0 spiro atoms. The molecular formula is C21H23BrN2O5S. The van der Waals surface area contributed by atoms with Crippen molar-refractivity contribution in [3.05, 3.63) is 63.6 Å². The number of amides is 1. The summed E-state index contributed by atoms with van der Waals surface area (Å²) in [7, 11) is -2.58. The molecule has 3 rings (SSSR count). The van der Waals surface area contributed by atoms with Crippen LogP contribution in [0.4, 0.5) is 0 Å².